The first-order valence-electron chi connectivity index (χ1n) is 3.35. The van der Waals surface area contributed by atoms with Crippen molar-refractivity contribution in [1.29, 1.82) is 0 Å². The molecule has 0 atom stereocenters. The molecule has 0 bridgehead atoms. The van der Waals surface area contributed by atoms with Crippen molar-refractivity contribution in [3.8, 4) is 0 Å². The Morgan fingerprint density at radius 1 is 1.60 bits per heavy atom. The van der Waals surface area contributed by atoms with Gasteiger partial charge >= 0.3 is 0 Å². The number of nitrogens with one attached hydrogen (secondary N) is 2. The van der Waals surface area contributed by atoms with Crippen LogP contribution in [0, 0.1) is 0 Å². The summed E-state index contributed by atoms with van der Waals surface area (Å²) in [5, 5.41) is 0. The lowest BCUT2D eigenvalue weighted by molar-refractivity contribution is 0.726. The van der Waals surface area contributed by atoms with E-state index in [1.54, 1.807) is 6.08 Å². The molecule has 1 heterocycles. The quantitative estimate of drug-likeness (QED) is 0.564. The first-order chi connectivity index (χ1) is 4.88. The van der Waals surface area contributed by atoms with E-state index in [0.29, 0.717) is 0 Å². The van der Waals surface area contributed by atoms with E-state index in [1.165, 1.54) is 5.57 Å². The summed E-state index contributed by atoms with van der Waals surface area (Å²) in [4.78, 5) is 0. The molecule has 0 radical (unpaired) electrons. The summed E-state index contributed by atoms with van der Waals surface area (Å²) in [5.41, 5.74) is 8.47. The number of hydrogen-bond donors (Lipinski definition) is 2. The van der Waals surface area contributed by atoms with E-state index in [-0.39, 0.29) is 0 Å². The Labute approximate surface area is 61.3 Å². The van der Waals surface area contributed by atoms with Crippen molar-refractivity contribution in [3.63, 3.8) is 0 Å². The van der Waals surface area contributed by atoms with Crippen LogP contribution in [-0.4, -0.2) is 6.54 Å². The molecule has 2 heteroatoms. The minimum Gasteiger partial charge on any atom is -0.321 e. The third-order valence-corrected chi connectivity index (χ3v) is 1.48. The molecule has 0 aromatic rings. The molecule has 0 saturated carbocycles. The topological polar surface area (TPSA) is 24.1 Å². The van der Waals surface area contributed by atoms with Gasteiger partial charge in [0.05, 0.1) is 5.70 Å². The van der Waals surface area contributed by atoms with Crippen LogP contribution in [0.25, 0.3) is 0 Å². The Balaban J connectivity index is 2.77. The number of hydrazine groups is 1. The predicted octanol–water partition coefficient (Wildman–Crippen LogP) is 1.11. The summed E-state index contributed by atoms with van der Waals surface area (Å²) in [6.45, 7) is 6.55. The van der Waals surface area contributed by atoms with Crippen molar-refractivity contribution in [2.45, 2.75) is 6.92 Å². The van der Waals surface area contributed by atoms with Crippen molar-refractivity contribution < 1.29 is 0 Å². The molecular weight excluding hydrogens is 124 g/mol. The third-order valence-electron chi connectivity index (χ3n) is 1.48. The van der Waals surface area contributed by atoms with Gasteiger partial charge in [-0.2, -0.15) is 0 Å². The maximum atomic E-state index is 3.62. The zero-order chi connectivity index (χ0) is 7.40. The molecule has 0 aromatic heterocycles. The van der Waals surface area contributed by atoms with Gasteiger partial charge in [0.2, 0.25) is 0 Å². The molecule has 10 heavy (non-hydrogen) atoms. The normalized spacial score (nSPS) is 25.3. The van der Waals surface area contributed by atoms with Gasteiger partial charge in [-0.05, 0) is 18.6 Å². The lowest BCUT2D eigenvalue weighted by atomic mass is 10.2. The molecule has 1 aliphatic rings. The van der Waals surface area contributed by atoms with Crippen LogP contribution in [0.5, 0.6) is 0 Å². The first-order valence-corrected chi connectivity index (χ1v) is 3.35. The SMILES string of the molecule is C=C/C=C1/NNC/C1=C/C. The smallest absolute Gasteiger partial charge is 0.0529 e. The van der Waals surface area contributed by atoms with Crippen molar-refractivity contribution in [2.75, 3.05) is 6.54 Å². The monoisotopic (exact) mass is 136 g/mol. The van der Waals surface area contributed by atoms with Crippen LogP contribution < -0.4 is 10.9 Å². The summed E-state index contributed by atoms with van der Waals surface area (Å²) >= 11 is 0. The van der Waals surface area contributed by atoms with Crippen LogP contribution in [0.4, 0.5) is 0 Å². The number of allylic oxidation sites excluding steroid dienone is 3. The van der Waals surface area contributed by atoms with Gasteiger partial charge in [0.25, 0.3) is 0 Å². The molecule has 1 fully saturated rings. The van der Waals surface area contributed by atoms with E-state index in [2.05, 4.69) is 23.5 Å². The second-order valence-electron chi connectivity index (χ2n) is 2.11. The maximum Gasteiger partial charge on any atom is 0.0529 e. The predicted molar refractivity (Wildman–Crippen MR) is 43.2 cm³/mol. The first kappa shape index (κ1) is 7.09. The highest BCUT2D eigenvalue weighted by Gasteiger charge is 2.08. The van der Waals surface area contributed by atoms with Gasteiger partial charge in [0, 0.05) is 6.54 Å². The maximum absolute atomic E-state index is 3.62. The van der Waals surface area contributed by atoms with Crippen molar-refractivity contribution >= 4 is 0 Å². The fraction of sp³-hybridized carbons (Fsp3) is 0.250. The lowest BCUT2D eigenvalue weighted by Gasteiger charge is -1.95. The van der Waals surface area contributed by atoms with Gasteiger partial charge in [-0.25, -0.2) is 5.43 Å². The largest absolute Gasteiger partial charge is 0.321 e. The Hall–Kier alpha value is -1.02. The fourth-order valence-electron chi connectivity index (χ4n) is 0.934. The highest BCUT2D eigenvalue weighted by Crippen LogP contribution is 2.08. The Morgan fingerprint density at radius 2 is 2.40 bits per heavy atom. The summed E-state index contributed by atoms with van der Waals surface area (Å²) in [6, 6.07) is 0. The summed E-state index contributed by atoms with van der Waals surface area (Å²) in [5.74, 6) is 0. The lowest BCUT2D eigenvalue weighted by Crippen LogP contribution is -2.20. The Bertz CT molecular complexity index is 189. The van der Waals surface area contributed by atoms with Gasteiger partial charge < -0.3 is 5.43 Å². The molecule has 0 unspecified atom stereocenters. The van der Waals surface area contributed by atoms with Crippen molar-refractivity contribution in [2.24, 2.45) is 0 Å². The third kappa shape index (κ3) is 1.28. The minimum absolute atomic E-state index is 0.899. The second kappa shape index (κ2) is 3.22. The Kier molecular flexibility index (Phi) is 2.29. The zero-order valence-electron chi connectivity index (χ0n) is 6.15. The van der Waals surface area contributed by atoms with E-state index in [9.17, 15) is 0 Å². The van der Waals surface area contributed by atoms with Crippen LogP contribution in [0.15, 0.2) is 36.1 Å². The Morgan fingerprint density at radius 3 is 3.00 bits per heavy atom. The fourth-order valence-corrected chi connectivity index (χ4v) is 0.934. The molecule has 1 saturated heterocycles. The number of hydrogen-bond acceptors (Lipinski definition) is 2. The van der Waals surface area contributed by atoms with Gasteiger partial charge in [-0.3, -0.25) is 0 Å². The highest BCUT2D eigenvalue weighted by atomic mass is 15.4. The highest BCUT2D eigenvalue weighted by molar-refractivity contribution is 5.35. The molecule has 54 valence electrons. The number of rotatable bonds is 1. The van der Waals surface area contributed by atoms with E-state index in [4.69, 9.17) is 0 Å². The second-order valence-corrected chi connectivity index (χ2v) is 2.11. The van der Waals surface area contributed by atoms with Gasteiger partial charge in [-0.15, -0.1) is 0 Å². The zero-order valence-corrected chi connectivity index (χ0v) is 6.15. The summed E-state index contributed by atoms with van der Waals surface area (Å²) in [7, 11) is 0. The van der Waals surface area contributed by atoms with Crippen LogP contribution >= 0.6 is 0 Å². The molecule has 2 nitrogen and oxygen atoms in total. The van der Waals surface area contributed by atoms with Crippen molar-refractivity contribution in [3.05, 3.63) is 36.1 Å². The van der Waals surface area contributed by atoms with Gasteiger partial charge in [0.15, 0.2) is 0 Å². The van der Waals surface area contributed by atoms with E-state index in [1.807, 2.05) is 13.0 Å². The van der Waals surface area contributed by atoms with Crippen LogP contribution in [0.1, 0.15) is 6.92 Å². The van der Waals surface area contributed by atoms with Crippen molar-refractivity contribution in [1.82, 2.24) is 10.9 Å². The van der Waals surface area contributed by atoms with E-state index in [0.717, 1.165) is 12.2 Å². The molecule has 1 rings (SSSR count). The van der Waals surface area contributed by atoms with Crippen LogP contribution in [0.2, 0.25) is 0 Å². The average molecular weight is 136 g/mol. The minimum atomic E-state index is 0.899. The van der Waals surface area contributed by atoms with E-state index < -0.39 is 0 Å². The standard InChI is InChI=1S/C8H12N2/c1-3-5-8-7(4-2)6-9-10-8/h3-5,9-10H,1,6H2,2H3/b7-4-,8-5+. The molecule has 0 spiro atoms. The molecule has 1 aliphatic heterocycles. The molecule has 2 N–H and O–H groups in total. The van der Waals surface area contributed by atoms with Crippen LogP contribution in [0.3, 0.4) is 0 Å². The molecule has 0 aliphatic carbocycles. The van der Waals surface area contributed by atoms with E-state index >= 15 is 0 Å². The average Bonchev–Trinajstić information content (AvgIpc) is 2.36. The molecular formula is C8H12N2. The molecule has 0 aromatic carbocycles. The van der Waals surface area contributed by atoms with Gasteiger partial charge in [0.1, 0.15) is 0 Å². The van der Waals surface area contributed by atoms with Crippen LogP contribution in [-0.2, 0) is 0 Å². The summed E-state index contributed by atoms with van der Waals surface area (Å²) < 4.78 is 0. The summed E-state index contributed by atoms with van der Waals surface area (Å²) in [6.07, 6.45) is 5.82. The van der Waals surface area contributed by atoms with Gasteiger partial charge in [-0.1, -0.05) is 18.7 Å². The molecule has 0 amide bonds.